The summed E-state index contributed by atoms with van der Waals surface area (Å²) in [5.41, 5.74) is 2.80. The predicted molar refractivity (Wildman–Crippen MR) is 99.4 cm³/mol. The summed E-state index contributed by atoms with van der Waals surface area (Å²) in [5.74, 6) is 0.638. The topological polar surface area (TPSA) is 110 Å². The van der Waals surface area contributed by atoms with E-state index in [1.165, 1.54) is 6.07 Å². The molecule has 0 saturated heterocycles. The van der Waals surface area contributed by atoms with Gasteiger partial charge in [-0.2, -0.15) is 0 Å². The fourth-order valence-electron chi connectivity index (χ4n) is 3.01. The molecule has 1 aromatic carbocycles. The van der Waals surface area contributed by atoms with Crippen LogP contribution in [0.2, 0.25) is 0 Å². The first kappa shape index (κ1) is 16.8. The second-order valence-corrected chi connectivity index (χ2v) is 7.61. The Bertz CT molecular complexity index is 1100. The average Bonchev–Trinajstić information content (AvgIpc) is 3.09. The summed E-state index contributed by atoms with van der Waals surface area (Å²) >= 11 is 0. The van der Waals surface area contributed by atoms with Crippen molar-refractivity contribution in [2.75, 3.05) is 13.1 Å². The number of fused-ring (bicyclic) bond motifs is 1. The van der Waals surface area contributed by atoms with Gasteiger partial charge in [0.1, 0.15) is 22.0 Å². The Balaban J connectivity index is 1.77. The van der Waals surface area contributed by atoms with Crippen LogP contribution in [0.5, 0.6) is 11.5 Å². The molecule has 3 aromatic rings. The number of ether oxygens (including phenoxy) is 1. The summed E-state index contributed by atoms with van der Waals surface area (Å²) in [4.78, 5) is 7.21. The van der Waals surface area contributed by atoms with E-state index in [1.54, 1.807) is 30.6 Å². The molecule has 4 rings (SSSR count). The molecular formula is C18H18N4O3S. The van der Waals surface area contributed by atoms with Crippen LogP contribution < -0.4 is 15.2 Å². The average molecular weight is 370 g/mol. The van der Waals surface area contributed by atoms with Crippen molar-refractivity contribution in [1.29, 1.82) is 0 Å². The Hall–Kier alpha value is -2.68. The molecule has 0 bridgehead atoms. The van der Waals surface area contributed by atoms with E-state index >= 15 is 0 Å². The van der Waals surface area contributed by atoms with Crippen molar-refractivity contribution in [3.05, 3.63) is 54.4 Å². The molecule has 1 aliphatic heterocycles. The van der Waals surface area contributed by atoms with Crippen molar-refractivity contribution < 1.29 is 13.2 Å². The number of hydrogen-bond acceptors (Lipinski definition) is 5. The smallest absolute Gasteiger partial charge is 0.241 e. The molecule has 8 heteroatoms. The number of aromatic amines is 1. The molecule has 4 N–H and O–H groups in total. The monoisotopic (exact) mass is 370 g/mol. The molecule has 7 nitrogen and oxygen atoms in total. The zero-order chi connectivity index (χ0) is 18.1. The van der Waals surface area contributed by atoms with Crippen molar-refractivity contribution in [3.8, 4) is 11.5 Å². The van der Waals surface area contributed by atoms with Gasteiger partial charge in [-0.15, -0.1) is 0 Å². The highest BCUT2D eigenvalue weighted by atomic mass is 32.2. The van der Waals surface area contributed by atoms with Gasteiger partial charge in [0.25, 0.3) is 0 Å². The van der Waals surface area contributed by atoms with E-state index in [4.69, 9.17) is 9.88 Å². The molecule has 0 amide bonds. The standard InChI is InChI=1S/C18H18N4O3S/c19-26(23,24)17-2-1-13(12-3-6-20-7-4-12)10-16(17)25-15-9-14-5-8-21-18(14)22-11-15/h1-3,5,8-11,20H,4,6-7H2,(H,21,22)(H2,19,23,24). The Kier molecular flexibility index (Phi) is 4.23. The van der Waals surface area contributed by atoms with Crippen LogP contribution in [-0.4, -0.2) is 31.5 Å². The summed E-state index contributed by atoms with van der Waals surface area (Å²) in [7, 11) is -3.92. The Labute approximate surface area is 150 Å². The van der Waals surface area contributed by atoms with E-state index in [9.17, 15) is 8.42 Å². The van der Waals surface area contributed by atoms with Crippen molar-refractivity contribution in [3.63, 3.8) is 0 Å². The summed E-state index contributed by atoms with van der Waals surface area (Å²) < 4.78 is 29.8. The lowest BCUT2D eigenvalue weighted by Gasteiger charge is -2.16. The van der Waals surface area contributed by atoms with Gasteiger partial charge in [0.05, 0.1) is 6.20 Å². The first-order chi connectivity index (χ1) is 12.5. The third kappa shape index (κ3) is 3.34. The van der Waals surface area contributed by atoms with E-state index in [2.05, 4.69) is 21.4 Å². The third-order valence-corrected chi connectivity index (χ3v) is 5.24. The summed E-state index contributed by atoms with van der Waals surface area (Å²) in [5, 5.41) is 9.49. The van der Waals surface area contributed by atoms with Gasteiger partial charge in [0.15, 0.2) is 0 Å². The number of rotatable bonds is 4. The van der Waals surface area contributed by atoms with Gasteiger partial charge in [-0.3, -0.25) is 0 Å². The summed E-state index contributed by atoms with van der Waals surface area (Å²) in [6.07, 6.45) is 6.28. The first-order valence-electron chi connectivity index (χ1n) is 8.19. The van der Waals surface area contributed by atoms with Crippen LogP contribution >= 0.6 is 0 Å². The van der Waals surface area contributed by atoms with Crippen LogP contribution in [0.25, 0.3) is 16.6 Å². The lowest BCUT2D eigenvalue weighted by Crippen LogP contribution is -2.20. The van der Waals surface area contributed by atoms with Gasteiger partial charge in [0, 0.05) is 18.1 Å². The first-order valence-corrected chi connectivity index (χ1v) is 9.73. The van der Waals surface area contributed by atoms with Crippen LogP contribution in [0.1, 0.15) is 12.0 Å². The molecule has 0 spiro atoms. The molecule has 0 aliphatic carbocycles. The Morgan fingerprint density at radius 1 is 1.19 bits per heavy atom. The molecule has 0 unspecified atom stereocenters. The number of primary sulfonamides is 1. The number of H-pyrrole nitrogens is 1. The molecule has 0 atom stereocenters. The highest BCUT2D eigenvalue weighted by Crippen LogP contribution is 2.33. The van der Waals surface area contributed by atoms with E-state index in [1.807, 2.05) is 6.07 Å². The molecule has 0 saturated carbocycles. The highest BCUT2D eigenvalue weighted by Gasteiger charge is 2.18. The fourth-order valence-corrected chi connectivity index (χ4v) is 3.65. The minimum atomic E-state index is -3.92. The van der Waals surface area contributed by atoms with Gasteiger partial charge < -0.3 is 15.0 Å². The maximum Gasteiger partial charge on any atom is 0.241 e. The third-order valence-electron chi connectivity index (χ3n) is 4.29. The minimum Gasteiger partial charge on any atom is -0.454 e. The van der Waals surface area contributed by atoms with Gasteiger partial charge in [-0.05, 0) is 48.4 Å². The molecular weight excluding hydrogens is 352 g/mol. The fraction of sp³-hybridized carbons (Fsp3) is 0.167. The van der Waals surface area contributed by atoms with Crippen LogP contribution in [0.4, 0.5) is 0 Å². The minimum absolute atomic E-state index is 0.0510. The Morgan fingerprint density at radius 3 is 2.85 bits per heavy atom. The number of sulfonamides is 1. The number of benzene rings is 1. The zero-order valence-corrected chi connectivity index (χ0v) is 14.7. The van der Waals surface area contributed by atoms with Gasteiger partial charge in [0.2, 0.25) is 10.0 Å². The van der Waals surface area contributed by atoms with E-state index in [0.717, 1.165) is 41.7 Å². The molecule has 3 heterocycles. The maximum atomic E-state index is 12.0. The highest BCUT2D eigenvalue weighted by molar-refractivity contribution is 7.89. The van der Waals surface area contributed by atoms with Crippen LogP contribution in [0.15, 0.2) is 53.7 Å². The second kappa shape index (κ2) is 6.56. The lowest BCUT2D eigenvalue weighted by atomic mass is 10.0. The molecule has 0 fully saturated rings. The van der Waals surface area contributed by atoms with Crippen LogP contribution in [0.3, 0.4) is 0 Å². The normalized spacial score (nSPS) is 15.0. The molecule has 26 heavy (non-hydrogen) atoms. The number of pyridine rings is 1. The largest absolute Gasteiger partial charge is 0.454 e. The van der Waals surface area contributed by atoms with Crippen molar-refractivity contribution in [2.45, 2.75) is 11.3 Å². The number of aromatic nitrogens is 2. The number of nitrogens with zero attached hydrogens (tertiary/aromatic N) is 1. The van der Waals surface area contributed by atoms with Crippen molar-refractivity contribution in [1.82, 2.24) is 15.3 Å². The summed E-state index contributed by atoms with van der Waals surface area (Å²) in [6, 6.07) is 8.63. The van der Waals surface area contributed by atoms with E-state index in [0.29, 0.717) is 5.75 Å². The number of nitrogens with two attached hydrogens (primary N) is 1. The SMILES string of the molecule is NS(=O)(=O)c1ccc(C2=CCNCC2)cc1Oc1cnc2[nH]ccc2c1. The number of hydrogen-bond donors (Lipinski definition) is 3. The van der Waals surface area contributed by atoms with Gasteiger partial charge >= 0.3 is 0 Å². The van der Waals surface area contributed by atoms with E-state index < -0.39 is 10.0 Å². The molecule has 0 radical (unpaired) electrons. The predicted octanol–water partition coefficient (Wildman–Crippen LogP) is 2.38. The Morgan fingerprint density at radius 2 is 2.08 bits per heavy atom. The van der Waals surface area contributed by atoms with Crippen molar-refractivity contribution >= 4 is 26.6 Å². The lowest BCUT2D eigenvalue weighted by molar-refractivity contribution is 0.466. The van der Waals surface area contributed by atoms with Crippen LogP contribution in [-0.2, 0) is 10.0 Å². The molecule has 2 aromatic heterocycles. The van der Waals surface area contributed by atoms with Crippen molar-refractivity contribution in [2.24, 2.45) is 5.14 Å². The maximum absolute atomic E-state index is 12.0. The van der Waals surface area contributed by atoms with E-state index in [-0.39, 0.29) is 10.6 Å². The van der Waals surface area contributed by atoms with Gasteiger partial charge in [-0.1, -0.05) is 12.1 Å². The number of nitrogens with one attached hydrogen (secondary N) is 2. The van der Waals surface area contributed by atoms with Crippen LogP contribution in [0, 0.1) is 0 Å². The zero-order valence-electron chi connectivity index (χ0n) is 13.9. The molecule has 134 valence electrons. The quantitative estimate of drug-likeness (QED) is 0.653. The molecule has 1 aliphatic rings. The second-order valence-electron chi connectivity index (χ2n) is 6.08. The van der Waals surface area contributed by atoms with Gasteiger partial charge in [-0.25, -0.2) is 18.5 Å². The summed E-state index contributed by atoms with van der Waals surface area (Å²) in [6.45, 7) is 1.67.